The third-order valence-corrected chi connectivity index (χ3v) is 5.18. The lowest BCUT2D eigenvalue weighted by Crippen LogP contribution is -2.28. The molecule has 2 heterocycles. The van der Waals surface area contributed by atoms with Crippen LogP contribution in [-0.2, 0) is 4.79 Å². The number of carbonyl (C=O) groups excluding carboxylic acids is 1. The van der Waals surface area contributed by atoms with E-state index < -0.39 is 4.92 Å². The molecule has 0 atom stereocenters. The van der Waals surface area contributed by atoms with Crippen molar-refractivity contribution in [1.29, 1.82) is 0 Å². The molecule has 0 unspecified atom stereocenters. The third kappa shape index (κ3) is 3.91. The molecule has 1 amide bonds. The number of amides is 1. The molecule has 0 aliphatic carbocycles. The van der Waals surface area contributed by atoms with Gasteiger partial charge >= 0.3 is 0 Å². The van der Waals surface area contributed by atoms with E-state index in [0.717, 1.165) is 0 Å². The molecular formula is C18H16ClN3O4S. The minimum atomic E-state index is -0.508. The number of benzene rings is 1. The number of nitro groups is 1. The highest BCUT2D eigenvalue weighted by Crippen LogP contribution is 2.35. The second-order valence-electron chi connectivity index (χ2n) is 5.54. The van der Waals surface area contributed by atoms with Gasteiger partial charge in [0.2, 0.25) is 0 Å². The fraction of sp³-hybridized carbons (Fsp3) is 0.222. The number of amidine groups is 1. The Morgan fingerprint density at radius 3 is 2.74 bits per heavy atom. The van der Waals surface area contributed by atoms with Gasteiger partial charge in [-0.15, -0.1) is 0 Å². The quantitative estimate of drug-likeness (QED) is 0.404. The number of thioether (sulfide) groups is 1. The Morgan fingerprint density at radius 1 is 1.33 bits per heavy atom. The number of nitrogens with zero attached hydrogens (tertiary/aromatic N) is 3. The van der Waals surface area contributed by atoms with Crippen LogP contribution in [-0.4, -0.2) is 34.0 Å². The molecule has 1 saturated heterocycles. The average Bonchev–Trinajstić information content (AvgIpc) is 3.20. The van der Waals surface area contributed by atoms with Crippen LogP contribution < -0.4 is 0 Å². The van der Waals surface area contributed by atoms with Crippen molar-refractivity contribution in [3.63, 3.8) is 0 Å². The molecule has 3 rings (SSSR count). The lowest BCUT2D eigenvalue weighted by atomic mass is 10.1. The Bertz CT molecular complexity index is 967. The number of hydrogen-bond acceptors (Lipinski definition) is 6. The maximum absolute atomic E-state index is 12.5. The van der Waals surface area contributed by atoms with E-state index in [4.69, 9.17) is 16.0 Å². The van der Waals surface area contributed by atoms with Crippen LogP contribution in [0.5, 0.6) is 0 Å². The Hall–Kier alpha value is -2.58. The molecule has 0 N–H and O–H groups in total. The Balaban J connectivity index is 1.89. The van der Waals surface area contributed by atoms with Crippen LogP contribution in [0.4, 0.5) is 5.69 Å². The van der Waals surface area contributed by atoms with Gasteiger partial charge in [-0.25, -0.2) is 0 Å². The van der Waals surface area contributed by atoms with Gasteiger partial charge in [0.15, 0.2) is 5.17 Å². The van der Waals surface area contributed by atoms with Gasteiger partial charge in [-0.05, 0) is 43.8 Å². The van der Waals surface area contributed by atoms with Crippen molar-refractivity contribution in [2.45, 2.75) is 13.8 Å². The molecule has 140 valence electrons. The molecule has 27 heavy (non-hydrogen) atoms. The molecule has 0 radical (unpaired) electrons. The highest BCUT2D eigenvalue weighted by atomic mass is 35.5. The molecule has 0 spiro atoms. The smallest absolute Gasteiger partial charge is 0.270 e. The molecule has 1 fully saturated rings. The zero-order valence-corrected chi connectivity index (χ0v) is 16.2. The minimum Gasteiger partial charge on any atom is -0.457 e. The molecule has 1 aliphatic heterocycles. The van der Waals surface area contributed by atoms with E-state index in [2.05, 4.69) is 4.99 Å². The van der Waals surface area contributed by atoms with Crippen LogP contribution >= 0.6 is 23.4 Å². The maximum atomic E-state index is 12.5. The summed E-state index contributed by atoms with van der Waals surface area (Å²) < 4.78 is 5.77. The number of halogens is 1. The fourth-order valence-electron chi connectivity index (χ4n) is 2.56. The standard InChI is InChI=1S/C18H16ClN3O4S/c1-3-20-18-21(4-2)17(23)16(27-18)10-12-6-8-15(26-12)13-7-5-11(22(24)25)9-14(13)19/h5-10H,3-4H2,1-2H3. The predicted molar refractivity (Wildman–Crippen MR) is 107 cm³/mol. The van der Waals surface area contributed by atoms with E-state index in [9.17, 15) is 14.9 Å². The second-order valence-corrected chi connectivity index (χ2v) is 6.96. The molecular weight excluding hydrogens is 390 g/mol. The number of carbonyl (C=O) groups is 1. The van der Waals surface area contributed by atoms with E-state index in [-0.39, 0.29) is 16.6 Å². The largest absolute Gasteiger partial charge is 0.457 e. The molecule has 2 aromatic rings. The van der Waals surface area contributed by atoms with Crippen LogP contribution in [0, 0.1) is 10.1 Å². The SMILES string of the molecule is CCN=C1SC(=Cc2ccc(-c3ccc([N+](=O)[O-])cc3Cl)o2)C(=O)N1CC. The van der Waals surface area contributed by atoms with Crippen molar-refractivity contribution in [2.75, 3.05) is 13.1 Å². The maximum Gasteiger partial charge on any atom is 0.270 e. The van der Waals surface area contributed by atoms with Gasteiger partial charge in [0.05, 0.1) is 14.9 Å². The van der Waals surface area contributed by atoms with Gasteiger partial charge in [0.25, 0.3) is 11.6 Å². The zero-order valence-electron chi connectivity index (χ0n) is 14.6. The van der Waals surface area contributed by atoms with Gasteiger partial charge in [-0.3, -0.25) is 24.8 Å². The third-order valence-electron chi connectivity index (χ3n) is 3.83. The number of hydrogen-bond donors (Lipinski definition) is 0. The van der Waals surface area contributed by atoms with Crippen molar-refractivity contribution in [2.24, 2.45) is 4.99 Å². The number of furan rings is 1. The first kappa shape index (κ1) is 19.2. The minimum absolute atomic E-state index is 0.0898. The van der Waals surface area contributed by atoms with Gasteiger partial charge in [0, 0.05) is 36.9 Å². The molecule has 1 aromatic carbocycles. The number of rotatable bonds is 5. The summed E-state index contributed by atoms with van der Waals surface area (Å²) >= 11 is 7.45. The topological polar surface area (TPSA) is 89.0 Å². The van der Waals surface area contributed by atoms with Gasteiger partial charge in [0.1, 0.15) is 11.5 Å². The van der Waals surface area contributed by atoms with Crippen molar-refractivity contribution < 1.29 is 14.1 Å². The normalized spacial score (nSPS) is 17.3. The van der Waals surface area contributed by atoms with Crippen LogP contribution in [0.25, 0.3) is 17.4 Å². The number of non-ortho nitro benzene ring substituents is 1. The highest BCUT2D eigenvalue weighted by molar-refractivity contribution is 8.18. The molecule has 0 bridgehead atoms. The zero-order chi connectivity index (χ0) is 19.6. The van der Waals surface area contributed by atoms with E-state index in [1.807, 2.05) is 13.8 Å². The summed E-state index contributed by atoms with van der Waals surface area (Å²) in [5, 5.41) is 11.7. The highest BCUT2D eigenvalue weighted by Gasteiger charge is 2.32. The van der Waals surface area contributed by atoms with Gasteiger partial charge in [-0.1, -0.05) is 11.6 Å². The van der Waals surface area contributed by atoms with Gasteiger partial charge in [-0.2, -0.15) is 0 Å². The van der Waals surface area contributed by atoms with Crippen molar-refractivity contribution >= 4 is 46.2 Å². The second kappa shape index (κ2) is 7.98. The first-order chi connectivity index (χ1) is 12.9. The lowest BCUT2D eigenvalue weighted by molar-refractivity contribution is -0.384. The van der Waals surface area contributed by atoms with E-state index in [0.29, 0.717) is 40.2 Å². The summed E-state index contributed by atoms with van der Waals surface area (Å²) in [7, 11) is 0. The number of aliphatic imine (C=N–C) groups is 1. The summed E-state index contributed by atoms with van der Waals surface area (Å²) in [5.74, 6) is 0.845. The molecule has 1 aliphatic rings. The Kier molecular flexibility index (Phi) is 5.67. The van der Waals surface area contributed by atoms with E-state index in [1.54, 1.807) is 23.1 Å². The predicted octanol–water partition coefficient (Wildman–Crippen LogP) is 4.82. The van der Waals surface area contributed by atoms with Gasteiger partial charge < -0.3 is 4.42 Å². The summed E-state index contributed by atoms with van der Waals surface area (Å²) in [4.78, 5) is 29.3. The van der Waals surface area contributed by atoms with Crippen LogP contribution in [0.15, 0.2) is 44.6 Å². The molecule has 0 saturated carbocycles. The summed E-state index contributed by atoms with van der Waals surface area (Å²) in [6, 6.07) is 7.61. The van der Waals surface area contributed by atoms with Crippen molar-refractivity contribution in [3.8, 4) is 11.3 Å². The number of likely N-dealkylation sites (N-methyl/N-ethyl adjacent to an activating group) is 1. The first-order valence-electron chi connectivity index (χ1n) is 8.24. The monoisotopic (exact) mass is 405 g/mol. The molecule has 7 nitrogen and oxygen atoms in total. The first-order valence-corrected chi connectivity index (χ1v) is 9.44. The summed E-state index contributed by atoms with van der Waals surface area (Å²) in [5.41, 5.74) is 0.453. The Morgan fingerprint density at radius 2 is 2.11 bits per heavy atom. The average molecular weight is 406 g/mol. The Labute approximate surface area is 164 Å². The van der Waals surface area contributed by atoms with E-state index in [1.165, 1.54) is 30.0 Å². The lowest BCUT2D eigenvalue weighted by Gasteiger charge is -2.11. The summed E-state index contributed by atoms with van der Waals surface area (Å²) in [6.45, 7) is 4.96. The van der Waals surface area contributed by atoms with Crippen LogP contribution in [0.3, 0.4) is 0 Å². The van der Waals surface area contributed by atoms with E-state index >= 15 is 0 Å². The summed E-state index contributed by atoms with van der Waals surface area (Å²) in [6.07, 6.45) is 1.66. The van der Waals surface area contributed by atoms with Crippen LogP contribution in [0.1, 0.15) is 19.6 Å². The molecule has 9 heteroatoms. The number of nitro benzene ring substituents is 1. The fourth-order valence-corrected chi connectivity index (χ4v) is 3.91. The van der Waals surface area contributed by atoms with Crippen molar-refractivity contribution in [3.05, 3.63) is 56.1 Å². The molecule has 1 aromatic heterocycles. The van der Waals surface area contributed by atoms with Crippen molar-refractivity contribution in [1.82, 2.24) is 4.90 Å². The van der Waals surface area contributed by atoms with Crippen LogP contribution in [0.2, 0.25) is 5.02 Å².